The van der Waals surface area contributed by atoms with E-state index in [1.807, 2.05) is 47.0 Å². The normalized spacial score (nSPS) is 17.3. The molecule has 0 fully saturated rings. The van der Waals surface area contributed by atoms with Gasteiger partial charge in [0.1, 0.15) is 12.4 Å². The van der Waals surface area contributed by atoms with Crippen molar-refractivity contribution in [3.8, 4) is 0 Å². The van der Waals surface area contributed by atoms with Crippen LogP contribution in [0.5, 0.6) is 0 Å². The highest BCUT2D eigenvalue weighted by atomic mass is 16.5. The third-order valence-electron chi connectivity index (χ3n) is 5.14. The lowest BCUT2D eigenvalue weighted by Crippen LogP contribution is -2.40. The largest absolute Gasteiger partial charge is 0.377 e. The second kappa shape index (κ2) is 6.57. The number of hydrogen-bond donors (Lipinski definition) is 0. The number of amides is 1. The second-order valence-corrected chi connectivity index (χ2v) is 6.84. The molecule has 26 heavy (non-hydrogen) atoms. The molecule has 136 valence electrons. The molecule has 1 atom stereocenters. The Hall–Kier alpha value is -2.67. The van der Waals surface area contributed by atoms with E-state index in [0.29, 0.717) is 26.1 Å². The lowest BCUT2D eigenvalue weighted by atomic mass is 10.1. The van der Waals surface area contributed by atoms with Gasteiger partial charge in [-0.3, -0.25) is 4.79 Å². The smallest absolute Gasteiger partial charge is 0.256 e. The van der Waals surface area contributed by atoms with E-state index in [1.54, 1.807) is 7.11 Å². The summed E-state index contributed by atoms with van der Waals surface area (Å²) in [7, 11) is 3.63. The average Bonchev–Trinajstić information content (AvgIpc) is 3.12. The fourth-order valence-corrected chi connectivity index (χ4v) is 3.79. The first-order valence-corrected chi connectivity index (χ1v) is 8.85. The van der Waals surface area contributed by atoms with E-state index in [0.717, 1.165) is 28.1 Å². The number of rotatable bonds is 3. The second-order valence-electron chi connectivity index (χ2n) is 6.84. The molecule has 3 aromatic rings. The zero-order chi connectivity index (χ0) is 18.3. The van der Waals surface area contributed by atoms with Gasteiger partial charge < -0.3 is 18.8 Å². The molecule has 1 aliphatic heterocycles. The van der Waals surface area contributed by atoms with Crippen LogP contribution >= 0.6 is 0 Å². The van der Waals surface area contributed by atoms with Crippen molar-refractivity contribution in [2.24, 2.45) is 7.05 Å². The van der Waals surface area contributed by atoms with E-state index in [4.69, 9.17) is 4.74 Å². The van der Waals surface area contributed by atoms with Crippen LogP contribution in [0.15, 0.2) is 30.5 Å². The summed E-state index contributed by atoms with van der Waals surface area (Å²) < 4.78 is 9.30. The van der Waals surface area contributed by atoms with Gasteiger partial charge in [-0.25, -0.2) is 0 Å². The van der Waals surface area contributed by atoms with Crippen LogP contribution in [0.4, 0.5) is 0 Å². The highest BCUT2D eigenvalue weighted by molar-refractivity contribution is 6.07. The van der Waals surface area contributed by atoms with Crippen molar-refractivity contribution in [3.63, 3.8) is 0 Å². The van der Waals surface area contributed by atoms with Crippen LogP contribution in [0.2, 0.25) is 0 Å². The minimum Gasteiger partial charge on any atom is -0.377 e. The van der Waals surface area contributed by atoms with E-state index in [1.165, 1.54) is 0 Å². The molecule has 0 spiro atoms. The van der Waals surface area contributed by atoms with Crippen LogP contribution < -0.4 is 0 Å². The lowest BCUT2D eigenvalue weighted by molar-refractivity contribution is 0.0696. The first-order valence-electron chi connectivity index (χ1n) is 8.85. The topological polar surface area (TPSA) is 65.2 Å². The van der Waals surface area contributed by atoms with Gasteiger partial charge in [0.15, 0.2) is 5.82 Å². The SMILES string of the molecule is COCc1nnc2n1CCN(C(=O)c1cn(C)c3ccccc13)C(C)C2. The molecule has 4 rings (SSSR count). The van der Waals surface area contributed by atoms with Crippen LogP contribution in [-0.2, 0) is 31.4 Å². The van der Waals surface area contributed by atoms with E-state index < -0.39 is 0 Å². The molecule has 0 aliphatic carbocycles. The zero-order valence-corrected chi connectivity index (χ0v) is 15.3. The predicted molar refractivity (Wildman–Crippen MR) is 97.9 cm³/mol. The number of benzene rings is 1. The quantitative estimate of drug-likeness (QED) is 0.722. The van der Waals surface area contributed by atoms with Gasteiger partial charge in [0.25, 0.3) is 5.91 Å². The molecule has 0 bridgehead atoms. The number of methoxy groups -OCH3 is 1. The van der Waals surface area contributed by atoms with Crippen molar-refractivity contribution in [2.45, 2.75) is 32.5 Å². The summed E-state index contributed by atoms with van der Waals surface area (Å²) in [6.45, 7) is 3.81. The Morgan fingerprint density at radius 3 is 2.88 bits per heavy atom. The molecule has 0 N–H and O–H groups in total. The highest BCUT2D eigenvalue weighted by Gasteiger charge is 2.29. The maximum Gasteiger partial charge on any atom is 0.256 e. The third-order valence-corrected chi connectivity index (χ3v) is 5.14. The fraction of sp³-hybridized carbons (Fsp3) is 0.421. The first kappa shape index (κ1) is 16.8. The Kier molecular flexibility index (Phi) is 4.24. The van der Waals surface area contributed by atoms with Crippen molar-refractivity contribution in [2.75, 3.05) is 13.7 Å². The maximum absolute atomic E-state index is 13.3. The summed E-state index contributed by atoms with van der Waals surface area (Å²) >= 11 is 0. The Labute approximate surface area is 152 Å². The van der Waals surface area contributed by atoms with Crippen molar-refractivity contribution in [1.82, 2.24) is 24.2 Å². The summed E-state index contributed by atoms with van der Waals surface area (Å²) in [6, 6.07) is 8.08. The monoisotopic (exact) mass is 353 g/mol. The zero-order valence-electron chi connectivity index (χ0n) is 15.3. The number of para-hydroxylation sites is 1. The summed E-state index contributed by atoms with van der Waals surface area (Å²) in [5.41, 5.74) is 1.82. The molecule has 1 aromatic carbocycles. The molecule has 3 heterocycles. The molecule has 7 nitrogen and oxygen atoms in total. The van der Waals surface area contributed by atoms with Gasteiger partial charge in [0.2, 0.25) is 0 Å². The van der Waals surface area contributed by atoms with Crippen molar-refractivity contribution in [1.29, 1.82) is 0 Å². The molecular formula is C19H23N5O2. The standard InChI is InChI=1S/C19H23N5O2/c1-13-10-17-20-21-18(12-26-3)24(17)9-8-23(13)19(25)15-11-22(2)16-7-5-4-6-14(15)16/h4-7,11,13H,8-10,12H2,1-3H3. The summed E-state index contributed by atoms with van der Waals surface area (Å²) in [5.74, 6) is 1.80. The van der Waals surface area contributed by atoms with Crippen LogP contribution in [0.3, 0.4) is 0 Å². The van der Waals surface area contributed by atoms with Crippen LogP contribution in [-0.4, -0.2) is 49.8 Å². The molecule has 1 amide bonds. The van der Waals surface area contributed by atoms with E-state index >= 15 is 0 Å². The number of fused-ring (bicyclic) bond motifs is 2. The van der Waals surface area contributed by atoms with E-state index in [-0.39, 0.29) is 11.9 Å². The van der Waals surface area contributed by atoms with Gasteiger partial charge in [-0.15, -0.1) is 10.2 Å². The van der Waals surface area contributed by atoms with Crippen molar-refractivity contribution < 1.29 is 9.53 Å². The summed E-state index contributed by atoms with van der Waals surface area (Å²) in [4.78, 5) is 15.3. The van der Waals surface area contributed by atoms with Crippen molar-refractivity contribution >= 4 is 16.8 Å². The Morgan fingerprint density at radius 2 is 2.08 bits per heavy atom. The minimum absolute atomic E-state index is 0.0577. The van der Waals surface area contributed by atoms with E-state index in [9.17, 15) is 4.79 Å². The molecule has 1 aliphatic rings. The number of nitrogens with zero attached hydrogens (tertiary/aromatic N) is 5. The fourth-order valence-electron chi connectivity index (χ4n) is 3.79. The molecule has 0 saturated carbocycles. The van der Waals surface area contributed by atoms with Gasteiger partial charge >= 0.3 is 0 Å². The molecule has 0 saturated heterocycles. The minimum atomic E-state index is 0.0577. The van der Waals surface area contributed by atoms with Crippen LogP contribution in [0.25, 0.3) is 10.9 Å². The maximum atomic E-state index is 13.3. The molecule has 1 unspecified atom stereocenters. The van der Waals surface area contributed by atoms with Crippen LogP contribution in [0, 0.1) is 0 Å². The predicted octanol–water partition coefficient (Wildman–Crippen LogP) is 2.00. The van der Waals surface area contributed by atoms with Gasteiger partial charge in [0, 0.05) is 56.8 Å². The Bertz CT molecular complexity index is 958. The summed E-state index contributed by atoms with van der Waals surface area (Å²) in [6.07, 6.45) is 2.62. The van der Waals surface area contributed by atoms with Gasteiger partial charge in [-0.2, -0.15) is 0 Å². The molecule has 0 radical (unpaired) electrons. The third kappa shape index (κ3) is 2.68. The Balaban J connectivity index is 1.64. The number of aryl methyl sites for hydroxylation is 1. The van der Waals surface area contributed by atoms with Gasteiger partial charge in [-0.1, -0.05) is 18.2 Å². The molecular weight excluding hydrogens is 330 g/mol. The van der Waals surface area contributed by atoms with Crippen molar-refractivity contribution in [3.05, 3.63) is 47.7 Å². The molecule has 7 heteroatoms. The number of carbonyl (C=O) groups is 1. The Morgan fingerprint density at radius 1 is 1.27 bits per heavy atom. The lowest BCUT2D eigenvalue weighted by Gasteiger charge is -2.26. The first-order chi connectivity index (χ1) is 12.6. The number of hydrogen-bond acceptors (Lipinski definition) is 4. The van der Waals surface area contributed by atoms with Crippen LogP contribution in [0.1, 0.15) is 28.9 Å². The number of carbonyl (C=O) groups excluding carboxylic acids is 1. The number of aromatic nitrogens is 4. The molecule has 2 aromatic heterocycles. The van der Waals surface area contributed by atoms with E-state index in [2.05, 4.69) is 21.7 Å². The number of ether oxygens (including phenoxy) is 1. The highest BCUT2D eigenvalue weighted by Crippen LogP contribution is 2.24. The van der Waals surface area contributed by atoms with Gasteiger partial charge in [0.05, 0.1) is 5.56 Å². The van der Waals surface area contributed by atoms with Gasteiger partial charge in [-0.05, 0) is 13.0 Å². The summed E-state index contributed by atoms with van der Waals surface area (Å²) in [5, 5.41) is 9.51. The average molecular weight is 353 g/mol.